The summed E-state index contributed by atoms with van der Waals surface area (Å²) in [4.78, 5) is 12.5. The van der Waals surface area contributed by atoms with E-state index in [2.05, 4.69) is 10.0 Å². The van der Waals surface area contributed by atoms with Crippen LogP contribution in [-0.4, -0.2) is 34.6 Å². The van der Waals surface area contributed by atoms with Gasteiger partial charge in [-0.05, 0) is 68.3 Å². The van der Waals surface area contributed by atoms with Gasteiger partial charge in [0.1, 0.15) is 16.4 Å². The van der Waals surface area contributed by atoms with E-state index in [1.54, 1.807) is 12.1 Å². The van der Waals surface area contributed by atoms with E-state index in [1.807, 2.05) is 50.2 Å². The highest BCUT2D eigenvalue weighted by atomic mass is 32.2. The van der Waals surface area contributed by atoms with Crippen molar-refractivity contribution in [2.45, 2.75) is 25.2 Å². The van der Waals surface area contributed by atoms with Gasteiger partial charge in [0, 0.05) is 17.8 Å². The van der Waals surface area contributed by atoms with Crippen LogP contribution in [0.1, 0.15) is 27.9 Å². The van der Waals surface area contributed by atoms with Crippen LogP contribution in [0.5, 0.6) is 11.5 Å². The lowest BCUT2D eigenvalue weighted by atomic mass is 10.2. The number of hydrogen-bond acceptors (Lipinski definition) is 5. The molecule has 0 heterocycles. The van der Waals surface area contributed by atoms with E-state index in [1.165, 1.54) is 25.3 Å². The predicted molar refractivity (Wildman–Crippen MR) is 129 cm³/mol. The number of nitrogens with one attached hydrogen (secondary N) is 2. The smallest absolute Gasteiger partial charge is 0.265 e. The predicted octanol–water partition coefficient (Wildman–Crippen LogP) is 4.31. The van der Waals surface area contributed by atoms with Gasteiger partial charge in [-0.15, -0.1) is 0 Å². The summed E-state index contributed by atoms with van der Waals surface area (Å²) in [6, 6.07) is 19.0. The maximum atomic E-state index is 13.0. The molecule has 0 aliphatic carbocycles. The zero-order valence-electron chi connectivity index (χ0n) is 18.9. The molecule has 174 valence electrons. The molecule has 0 aliphatic heterocycles. The van der Waals surface area contributed by atoms with E-state index in [0.717, 1.165) is 16.9 Å². The minimum Gasteiger partial charge on any atom is -0.495 e. The summed E-state index contributed by atoms with van der Waals surface area (Å²) in [5.74, 6) is 0.560. The normalized spacial score (nSPS) is 11.0. The van der Waals surface area contributed by atoms with Gasteiger partial charge < -0.3 is 14.8 Å². The maximum Gasteiger partial charge on any atom is 0.265 e. The van der Waals surface area contributed by atoms with Gasteiger partial charge in [-0.2, -0.15) is 0 Å². The second kappa shape index (κ2) is 10.9. The van der Waals surface area contributed by atoms with Gasteiger partial charge in [-0.1, -0.05) is 29.8 Å². The van der Waals surface area contributed by atoms with Crippen molar-refractivity contribution < 1.29 is 22.7 Å². The number of carbonyl (C=O) groups excluding carboxylic acids is 1. The fraction of sp³-hybridized carbons (Fsp3) is 0.240. The number of carbonyl (C=O) groups is 1. The van der Waals surface area contributed by atoms with E-state index >= 15 is 0 Å². The number of aryl methyl sites for hydroxylation is 2. The van der Waals surface area contributed by atoms with Crippen LogP contribution in [0.3, 0.4) is 0 Å². The SMILES string of the molecule is COc1ccc(C(=O)NCCCOc2cccc(C)c2)cc1S(=O)(=O)Nc1ccc(C)cc1. The molecule has 0 saturated heterocycles. The quantitative estimate of drug-likeness (QED) is 0.433. The number of benzene rings is 3. The van der Waals surface area contributed by atoms with Crippen molar-refractivity contribution in [3.8, 4) is 11.5 Å². The molecule has 3 aromatic rings. The van der Waals surface area contributed by atoms with Crippen molar-refractivity contribution >= 4 is 21.6 Å². The van der Waals surface area contributed by atoms with Crippen LogP contribution in [0.4, 0.5) is 5.69 Å². The summed E-state index contributed by atoms with van der Waals surface area (Å²) in [5, 5.41) is 2.79. The van der Waals surface area contributed by atoms with E-state index in [0.29, 0.717) is 25.3 Å². The molecule has 0 fully saturated rings. The van der Waals surface area contributed by atoms with Gasteiger partial charge in [0.15, 0.2) is 0 Å². The molecule has 3 aromatic carbocycles. The topological polar surface area (TPSA) is 93.7 Å². The number of ether oxygens (including phenoxy) is 2. The van der Waals surface area contributed by atoms with Gasteiger partial charge in [-0.25, -0.2) is 8.42 Å². The molecule has 3 rings (SSSR count). The monoisotopic (exact) mass is 468 g/mol. The first kappa shape index (κ1) is 24.1. The van der Waals surface area contributed by atoms with E-state index in [9.17, 15) is 13.2 Å². The lowest BCUT2D eigenvalue weighted by Crippen LogP contribution is -2.26. The summed E-state index contributed by atoms with van der Waals surface area (Å²) in [5.41, 5.74) is 2.77. The van der Waals surface area contributed by atoms with E-state index in [4.69, 9.17) is 9.47 Å². The van der Waals surface area contributed by atoms with Crippen LogP contribution in [0, 0.1) is 13.8 Å². The van der Waals surface area contributed by atoms with Gasteiger partial charge in [-0.3, -0.25) is 9.52 Å². The third-order valence-corrected chi connectivity index (χ3v) is 6.29. The summed E-state index contributed by atoms with van der Waals surface area (Å²) < 4.78 is 39.3. The third kappa shape index (κ3) is 6.73. The molecule has 1 amide bonds. The number of anilines is 1. The van der Waals surface area contributed by atoms with E-state index in [-0.39, 0.29) is 22.1 Å². The Labute approximate surface area is 194 Å². The second-order valence-electron chi connectivity index (χ2n) is 7.61. The molecular formula is C25H28N2O5S. The minimum atomic E-state index is -3.96. The Morgan fingerprint density at radius 2 is 1.70 bits per heavy atom. The Balaban J connectivity index is 1.62. The number of methoxy groups -OCH3 is 1. The van der Waals surface area contributed by atoms with Crippen molar-refractivity contribution in [3.05, 3.63) is 83.4 Å². The first-order chi connectivity index (χ1) is 15.8. The Kier molecular flexibility index (Phi) is 7.95. The summed E-state index contributed by atoms with van der Waals surface area (Å²) in [6.07, 6.45) is 0.607. The molecular weight excluding hydrogens is 440 g/mol. The largest absolute Gasteiger partial charge is 0.495 e. The Bertz CT molecular complexity index is 1210. The Morgan fingerprint density at radius 3 is 2.39 bits per heavy atom. The number of hydrogen-bond donors (Lipinski definition) is 2. The fourth-order valence-corrected chi connectivity index (χ4v) is 4.39. The average Bonchev–Trinajstić information content (AvgIpc) is 2.79. The highest BCUT2D eigenvalue weighted by molar-refractivity contribution is 7.92. The molecule has 0 unspecified atom stereocenters. The molecule has 0 bridgehead atoms. The standard InChI is InChI=1S/C25H28N2O5S/c1-18-8-11-21(12-9-18)27-33(29,30)24-17-20(10-13-23(24)31-3)25(28)26-14-5-15-32-22-7-4-6-19(2)16-22/h4,6-13,16-17,27H,5,14-15H2,1-3H3,(H,26,28). The van der Waals surface area contributed by atoms with Crippen molar-refractivity contribution in [2.24, 2.45) is 0 Å². The molecule has 7 nitrogen and oxygen atoms in total. The van der Waals surface area contributed by atoms with Gasteiger partial charge in [0.05, 0.1) is 13.7 Å². The maximum absolute atomic E-state index is 13.0. The van der Waals surface area contributed by atoms with Crippen LogP contribution in [-0.2, 0) is 10.0 Å². The molecule has 0 radical (unpaired) electrons. The second-order valence-corrected chi connectivity index (χ2v) is 9.26. The van der Waals surface area contributed by atoms with Crippen LogP contribution < -0.4 is 19.5 Å². The van der Waals surface area contributed by atoms with Crippen LogP contribution in [0.25, 0.3) is 0 Å². The first-order valence-corrected chi connectivity index (χ1v) is 12.0. The summed E-state index contributed by atoms with van der Waals surface area (Å²) >= 11 is 0. The van der Waals surface area contributed by atoms with Crippen molar-refractivity contribution in [2.75, 3.05) is 25.0 Å². The molecule has 2 N–H and O–H groups in total. The van der Waals surface area contributed by atoms with Crippen molar-refractivity contribution in [1.29, 1.82) is 0 Å². The first-order valence-electron chi connectivity index (χ1n) is 10.5. The zero-order valence-corrected chi connectivity index (χ0v) is 19.7. The molecule has 0 aliphatic rings. The molecule has 0 saturated carbocycles. The van der Waals surface area contributed by atoms with Gasteiger partial charge in [0.25, 0.3) is 15.9 Å². The highest BCUT2D eigenvalue weighted by Crippen LogP contribution is 2.27. The van der Waals surface area contributed by atoms with Crippen LogP contribution >= 0.6 is 0 Å². The van der Waals surface area contributed by atoms with E-state index < -0.39 is 10.0 Å². The minimum absolute atomic E-state index is 0.110. The van der Waals surface area contributed by atoms with Crippen LogP contribution in [0.2, 0.25) is 0 Å². The van der Waals surface area contributed by atoms with Crippen LogP contribution in [0.15, 0.2) is 71.6 Å². The lowest BCUT2D eigenvalue weighted by molar-refractivity contribution is 0.0951. The molecule has 0 atom stereocenters. The van der Waals surface area contributed by atoms with Gasteiger partial charge in [0.2, 0.25) is 0 Å². The Morgan fingerprint density at radius 1 is 0.939 bits per heavy atom. The third-order valence-electron chi connectivity index (χ3n) is 4.88. The number of sulfonamides is 1. The molecule has 0 spiro atoms. The zero-order chi connectivity index (χ0) is 23.8. The highest BCUT2D eigenvalue weighted by Gasteiger charge is 2.22. The lowest BCUT2D eigenvalue weighted by Gasteiger charge is -2.13. The number of amides is 1. The molecule has 0 aromatic heterocycles. The summed E-state index contributed by atoms with van der Waals surface area (Å²) in [7, 11) is -2.58. The van der Waals surface area contributed by atoms with Crippen molar-refractivity contribution in [1.82, 2.24) is 5.32 Å². The number of rotatable bonds is 10. The molecule has 33 heavy (non-hydrogen) atoms. The average molecular weight is 469 g/mol. The fourth-order valence-electron chi connectivity index (χ4n) is 3.13. The molecule has 8 heteroatoms. The Hall–Kier alpha value is -3.52. The van der Waals surface area contributed by atoms with Gasteiger partial charge >= 0.3 is 0 Å². The summed E-state index contributed by atoms with van der Waals surface area (Å²) in [6.45, 7) is 4.75. The van der Waals surface area contributed by atoms with Crippen molar-refractivity contribution in [3.63, 3.8) is 0 Å².